The SMILES string of the molecule is Nc1n[nH]c(-c2cc(F)ccc2F)n1. The summed E-state index contributed by atoms with van der Waals surface area (Å²) in [6.07, 6.45) is 0. The van der Waals surface area contributed by atoms with Crippen molar-refractivity contribution in [3.8, 4) is 11.4 Å². The number of benzene rings is 1. The first-order valence-corrected chi connectivity index (χ1v) is 3.80. The molecule has 1 aromatic heterocycles. The Bertz CT molecular complexity index is 466. The van der Waals surface area contributed by atoms with Gasteiger partial charge in [-0.05, 0) is 18.2 Å². The Labute approximate surface area is 77.8 Å². The molecular weight excluding hydrogens is 190 g/mol. The van der Waals surface area contributed by atoms with Crippen LogP contribution in [-0.2, 0) is 0 Å². The highest BCUT2D eigenvalue weighted by Gasteiger charge is 2.09. The van der Waals surface area contributed by atoms with Crippen LogP contribution in [0.5, 0.6) is 0 Å². The number of nitrogens with zero attached hydrogens (tertiary/aromatic N) is 2. The lowest BCUT2D eigenvalue weighted by atomic mass is 10.2. The third-order valence-corrected chi connectivity index (χ3v) is 1.69. The summed E-state index contributed by atoms with van der Waals surface area (Å²) in [5, 5.41) is 5.91. The zero-order chi connectivity index (χ0) is 10.1. The summed E-state index contributed by atoms with van der Waals surface area (Å²) in [6.45, 7) is 0. The molecule has 0 spiro atoms. The van der Waals surface area contributed by atoms with Crippen LogP contribution in [0.1, 0.15) is 0 Å². The minimum absolute atomic E-state index is 0.00852. The van der Waals surface area contributed by atoms with Crippen LogP contribution >= 0.6 is 0 Å². The molecule has 0 aliphatic heterocycles. The summed E-state index contributed by atoms with van der Waals surface area (Å²) >= 11 is 0. The molecule has 6 heteroatoms. The van der Waals surface area contributed by atoms with Crippen LogP contribution in [0, 0.1) is 11.6 Å². The number of hydrogen-bond donors (Lipinski definition) is 2. The van der Waals surface area contributed by atoms with Crippen molar-refractivity contribution < 1.29 is 8.78 Å². The quantitative estimate of drug-likeness (QED) is 0.723. The number of aromatic nitrogens is 3. The molecule has 0 fully saturated rings. The average molecular weight is 196 g/mol. The largest absolute Gasteiger partial charge is 0.366 e. The lowest BCUT2D eigenvalue weighted by Crippen LogP contribution is -1.89. The van der Waals surface area contributed by atoms with Gasteiger partial charge in [0.25, 0.3) is 0 Å². The second-order valence-corrected chi connectivity index (χ2v) is 2.67. The predicted molar refractivity (Wildman–Crippen MR) is 46.1 cm³/mol. The van der Waals surface area contributed by atoms with E-state index in [2.05, 4.69) is 15.2 Å². The first-order chi connectivity index (χ1) is 6.66. The average Bonchev–Trinajstić information content (AvgIpc) is 2.56. The van der Waals surface area contributed by atoms with Crippen molar-refractivity contribution >= 4 is 5.95 Å². The second-order valence-electron chi connectivity index (χ2n) is 2.67. The molecule has 1 aromatic carbocycles. The molecule has 0 unspecified atom stereocenters. The molecule has 0 radical (unpaired) electrons. The van der Waals surface area contributed by atoms with E-state index in [9.17, 15) is 8.78 Å². The van der Waals surface area contributed by atoms with E-state index < -0.39 is 11.6 Å². The Kier molecular flexibility index (Phi) is 1.88. The van der Waals surface area contributed by atoms with Gasteiger partial charge >= 0.3 is 0 Å². The van der Waals surface area contributed by atoms with Crippen molar-refractivity contribution in [1.82, 2.24) is 15.2 Å². The maximum Gasteiger partial charge on any atom is 0.239 e. The highest BCUT2D eigenvalue weighted by atomic mass is 19.1. The number of H-pyrrole nitrogens is 1. The van der Waals surface area contributed by atoms with Crippen molar-refractivity contribution in [2.75, 3.05) is 5.73 Å². The Morgan fingerprint density at radius 2 is 2.07 bits per heavy atom. The van der Waals surface area contributed by atoms with Gasteiger partial charge in [-0.15, -0.1) is 5.10 Å². The Hall–Kier alpha value is -1.98. The number of hydrogen-bond acceptors (Lipinski definition) is 3. The topological polar surface area (TPSA) is 67.6 Å². The fraction of sp³-hybridized carbons (Fsp3) is 0. The Morgan fingerprint density at radius 3 is 2.71 bits per heavy atom. The van der Waals surface area contributed by atoms with Gasteiger partial charge in [0.1, 0.15) is 11.6 Å². The van der Waals surface area contributed by atoms with Crippen LogP contribution < -0.4 is 5.73 Å². The van der Waals surface area contributed by atoms with Crippen molar-refractivity contribution in [1.29, 1.82) is 0 Å². The van der Waals surface area contributed by atoms with E-state index in [1.165, 1.54) is 0 Å². The fourth-order valence-corrected chi connectivity index (χ4v) is 1.07. The van der Waals surface area contributed by atoms with Crippen LogP contribution in [0.15, 0.2) is 18.2 Å². The van der Waals surface area contributed by atoms with E-state index in [0.717, 1.165) is 18.2 Å². The summed E-state index contributed by atoms with van der Waals surface area (Å²) < 4.78 is 25.9. The van der Waals surface area contributed by atoms with Gasteiger partial charge in [0.15, 0.2) is 5.82 Å². The zero-order valence-corrected chi connectivity index (χ0v) is 6.96. The highest BCUT2D eigenvalue weighted by molar-refractivity contribution is 5.56. The standard InChI is InChI=1S/C8H6F2N4/c9-4-1-2-6(10)5(3-4)7-12-8(11)14-13-7/h1-3H,(H3,11,12,13,14). The molecule has 0 aliphatic carbocycles. The number of aromatic amines is 1. The molecule has 0 atom stereocenters. The van der Waals surface area contributed by atoms with Crippen LogP contribution in [0.2, 0.25) is 0 Å². The van der Waals surface area contributed by atoms with Gasteiger partial charge < -0.3 is 5.73 Å². The minimum Gasteiger partial charge on any atom is -0.366 e. The van der Waals surface area contributed by atoms with Crippen LogP contribution in [0.3, 0.4) is 0 Å². The number of anilines is 1. The third kappa shape index (κ3) is 1.41. The first kappa shape index (κ1) is 8.61. The van der Waals surface area contributed by atoms with E-state index in [4.69, 9.17) is 5.73 Å². The molecule has 0 aliphatic rings. The summed E-state index contributed by atoms with van der Waals surface area (Å²) in [4.78, 5) is 3.69. The lowest BCUT2D eigenvalue weighted by molar-refractivity contribution is 0.602. The minimum atomic E-state index is -0.581. The van der Waals surface area contributed by atoms with Crippen molar-refractivity contribution in [2.24, 2.45) is 0 Å². The number of nitrogen functional groups attached to an aromatic ring is 1. The normalized spacial score (nSPS) is 10.4. The molecule has 72 valence electrons. The summed E-state index contributed by atoms with van der Waals surface area (Å²) in [5.41, 5.74) is 5.24. The van der Waals surface area contributed by atoms with Gasteiger partial charge in [0.05, 0.1) is 5.56 Å². The van der Waals surface area contributed by atoms with E-state index in [-0.39, 0.29) is 17.3 Å². The van der Waals surface area contributed by atoms with Gasteiger partial charge in [-0.1, -0.05) is 0 Å². The van der Waals surface area contributed by atoms with Crippen molar-refractivity contribution in [3.05, 3.63) is 29.8 Å². The fourth-order valence-electron chi connectivity index (χ4n) is 1.07. The molecule has 2 aromatic rings. The van der Waals surface area contributed by atoms with Gasteiger partial charge in [0, 0.05) is 0 Å². The highest BCUT2D eigenvalue weighted by Crippen LogP contribution is 2.20. The van der Waals surface area contributed by atoms with Crippen LogP contribution in [-0.4, -0.2) is 15.2 Å². The zero-order valence-electron chi connectivity index (χ0n) is 6.96. The molecule has 1 heterocycles. The molecule has 0 bridgehead atoms. The monoisotopic (exact) mass is 196 g/mol. The van der Waals surface area contributed by atoms with Gasteiger partial charge in [0.2, 0.25) is 5.95 Å². The van der Waals surface area contributed by atoms with Crippen LogP contribution in [0.25, 0.3) is 11.4 Å². The molecular formula is C8H6F2N4. The summed E-state index contributed by atoms with van der Waals surface area (Å²) in [6, 6.07) is 3.07. The second kappa shape index (κ2) is 3.06. The first-order valence-electron chi connectivity index (χ1n) is 3.80. The molecule has 14 heavy (non-hydrogen) atoms. The number of halogens is 2. The molecule has 0 amide bonds. The van der Waals surface area contributed by atoms with Gasteiger partial charge in [-0.2, -0.15) is 4.98 Å². The predicted octanol–water partition coefficient (Wildman–Crippen LogP) is 1.33. The Balaban J connectivity index is 2.55. The Morgan fingerprint density at radius 1 is 1.29 bits per heavy atom. The molecule has 3 N–H and O–H groups in total. The summed E-state index contributed by atoms with van der Waals surface area (Å²) in [5.74, 6) is -1.03. The maximum atomic E-state index is 13.2. The molecule has 0 saturated carbocycles. The molecule has 0 saturated heterocycles. The third-order valence-electron chi connectivity index (χ3n) is 1.69. The smallest absolute Gasteiger partial charge is 0.239 e. The van der Waals surface area contributed by atoms with Crippen molar-refractivity contribution in [3.63, 3.8) is 0 Å². The van der Waals surface area contributed by atoms with Gasteiger partial charge in [-0.3, -0.25) is 5.10 Å². The van der Waals surface area contributed by atoms with Crippen LogP contribution in [0.4, 0.5) is 14.7 Å². The van der Waals surface area contributed by atoms with Crippen molar-refractivity contribution in [2.45, 2.75) is 0 Å². The van der Waals surface area contributed by atoms with E-state index in [0.29, 0.717) is 0 Å². The van der Waals surface area contributed by atoms with E-state index >= 15 is 0 Å². The number of nitrogens with two attached hydrogens (primary N) is 1. The van der Waals surface area contributed by atoms with Gasteiger partial charge in [-0.25, -0.2) is 8.78 Å². The van der Waals surface area contributed by atoms with E-state index in [1.54, 1.807) is 0 Å². The summed E-state index contributed by atoms with van der Waals surface area (Å²) in [7, 11) is 0. The molecule has 2 rings (SSSR count). The number of nitrogens with one attached hydrogen (secondary N) is 1. The maximum absolute atomic E-state index is 13.2. The lowest BCUT2D eigenvalue weighted by Gasteiger charge is -1.97. The number of rotatable bonds is 1. The van der Waals surface area contributed by atoms with E-state index in [1.807, 2.05) is 0 Å². The molecule has 4 nitrogen and oxygen atoms in total.